The monoisotopic (exact) mass is 390 g/mol. The molecular formula is C22H12F2N2O3. The first-order chi connectivity index (χ1) is 13.9. The lowest BCUT2D eigenvalue weighted by Crippen LogP contribution is -2.00. The van der Waals surface area contributed by atoms with E-state index in [9.17, 15) is 18.4 Å². The number of oxazole rings is 1. The molecule has 5 nitrogen and oxygen atoms in total. The van der Waals surface area contributed by atoms with Crippen molar-refractivity contribution in [2.45, 2.75) is 0 Å². The Morgan fingerprint density at radius 3 is 2.17 bits per heavy atom. The highest BCUT2D eigenvalue weighted by molar-refractivity contribution is 6.41. The van der Waals surface area contributed by atoms with Crippen molar-refractivity contribution in [1.29, 1.82) is 0 Å². The lowest BCUT2D eigenvalue weighted by atomic mass is 10.1. The Morgan fingerprint density at radius 2 is 1.59 bits per heavy atom. The van der Waals surface area contributed by atoms with Gasteiger partial charge in [0, 0.05) is 30.3 Å². The Hall–Kier alpha value is -3.87. The first-order valence-electron chi connectivity index (χ1n) is 8.76. The van der Waals surface area contributed by atoms with Gasteiger partial charge in [0.05, 0.1) is 11.3 Å². The number of benzene rings is 2. The third-order valence-corrected chi connectivity index (χ3v) is 4.97. The summed E-state index contributed by atoms with van der Waals surface area (Å²) in [4.78, 5) is 29.3. The molecule has 0 aliphatic heterocycles. The molecule has 29 heavy (non-hydrogen) atoms. The number of hydrogen-bond donors (Lipinski definition) is 0. The van der Waals surface area contributed by atoms with Crippen molar-refractivity contribution >= 4 is 28.9 Å². The minimum absolute atomic E-state index is 0.0654. The Kier molecular flexibility index (Phi) is 3.61. The maximum Gasteiger partial charge on any atom is 0.222 e. The average molecular weight is 390 g/mol. The third-order valence-electron chi connectivity index (χ3n) is 4.97. The van der Waals surface area contributed by atoms with E-state index in [0.717, 1.165) is 23.4 Å². The summed E-state index contributed by atoms with van der Waals surface area (Å²) in [5, 5.41) is 0. The molecule has 1 aliphatic carbocycles. The van der Waals surface area contributed by atoms with Gasteiger partial charge in [0.2, 0.25) is 5.89 Å². The van der Waals surface area contributed by atoms with Crippen LogP contribution in [0, 0.1) is 11.6 Å². The molecule has 0 bridgehead atoms. The molecule has 0 unspecified atom stereocenters. The highest BCUT2D eigenvalue weighted by Gasteiger charge is 2.35. The van der Waals surface area contributed by atoms with Crippen LogP contribution in [0.15, 0.2) is 58.5 Å². The molecule has 0 saturated heterocycles. The third kappa shape index (κ3) is 2.55. The van der Waals surface area contributed by atoms with Crippen molar-refractivity contribution < 1.29 is 22.8 Å². The fraction of sp³-hybridized carbons (Fsp3) is 0.0455. The van der Waals surface area contributed by atoms with Gasteiger partial charge in [0.15, 0.2) is 34.4 Å². The number of carbonyl (C=O) groups excluding carboxylic acids is 2. The number of halogens is 2. The van der Waals surface area contributed by atoms with E-state index in [0.29, 0.717) is 11.2 Å². The standard InChI is InChI=1S/C22H12F2N2O3/c1-26-17(11-5-3-2-4-6-11)10-18-22(26)25-19(29-18)9-14-20(27)12-7-15(23)16(24)8-13(12)21(14)28/h2-10H,1H3. The SMILES string of the molecule is Cn1c(-c2ccccc2)cc2oc(C=C3C(=O)c4cc(F)c(F)cc4C3=O)nc21. The maximum atomic E-state index is 13.5. The number of carbonyl (C=O) groups is 2. The van der Waals surface area contributed by atoms with Crippen LogP contribution in [-0.4, -0.2) is 21.1 Å². The quantitative estimate of drug-likeness (QED) is 0.371. The summed E-state index contributed by atoms with van der Waals surface area (Å²) in [5.41, 5.74) is 2.36. The van der Waals surface area contributed by atoms with Crippen LogP contribution in [0.2, 0.25) is 0 Å². The van der Waals surface area contributed by atoms with Gasteiger partial charge in [-0.05, 0) is 17.7 Å². The molecule has 142 valence electrons. The van der Waals surface area contributed by atoms with Crippen LogP contribution < -0.4 is 0 Å². The molecule has 5 rings (SSSR count). The number of fused-ring (bicyclic) bond motifs is 2. The molecule has 4 aromatic rings. The smallest absolute Gasteiger partial charge is 0.222 e. The molecule has 0 spiro atoms. The van der Waals surface area contributed by atoms with Crippen molar-refractivity contribution in [3.8, 4) is 11.3 Å². The topological polar surface area (TPSA) is 65.1 Å². The van der Waals surface area contributed by atoms with Gasteiger partial charge < -0.3 is 8.98 Å². The number of ketones is 2. The summed E-state index contributed by atoms with van der Waals surface area (Å²) in [6.07, 6.45) is 1.21. The zero-order valence-electron chi connectivity index (χ0n) is 15.1. The number of rotatable bonds is 2. The van der Waals surface area contributed by atoms with Crippen LogP contribution in [0.3, 0.4) is 0 Å². The summed E-state index contributed by atoms with van der Waals surface area (Å²) >= 11 is 0. The zero-order chi connectivity index (χ0) is 20.3. The van der Waals surface area contributed by atoms with E-state index in [4.69, 9.17) is 4.42 Å². The van der Waals surface area contributed by atoms with Crippen LogP contribution >= 0.6 is 0 Å². The number of hydrogen-bond acceptors (Lipinski definition) is 4. The van der Waals surface area contributed by atoms with Crippen molar-refractivity contribution in [2.75, 3.05) is 0 Å². The van der Waals surface area contributed by atoms with E-state index in [1.165, 1.54) is 6.08 Å². The molecule has 1 aliphatic rings. The predicted octanol–water partition coefficient (Wildman–Crippen LogP) is 4.57. The minimum atomic E-state index is -1.18. The zero-order valence-corrected chi connectivity index (χ0v) is 15.1. The lowest BCUT2D eigenvalue weighted by molar-refractivity contribution is 0.0990. The molecule has 0 radical (unpaired) electrons. The van der Waals surface area contributed by atoms with E-state index in [1.54, 1.807) is 0 Å². The van der Waals surface area contributed by atoms with Gasteiger partial charge in [-0.1, -0.05) is 30.3 Å². The molecular weight excluding hydrogens is 378 g/mol. The Bertz CT molecular complexity index is 1320. The largest absolute Gasteiger partial charge is 0.435 e. The van der Waals surface area contributed by atoms with Crippen molar-refractivity contribution in [1.82, 2.24) is 9.55 Å². The normalized spacial score (nSPS) is 13.4. The fourth-order valence-electron chi connectivity index (χ4n) is 3.53. The predicted molar refractivity (Wildman–Crippen MR) is 101 cm³/mol. The summed E-state index contributed by atoms with van der Waals surface area (Å²) in [6, 6.07) is 13.0. The van der Waals surface area contributed by atoms with Crippen molar-refractivity contribution in [3.05, 3.63) is 82.8 Å². The second-order valence-electron chi connectivity index (χ2n) is 6.72. The van der Waals surface area contributed by atoms with Crippen LogP contribution in [0.5, 0.6) is 0 Å². The molecule has 2 aromatic heterocycles. The molecule has 0 N–H and O–H groups in total. The van der Waals surface area contributed by atoms with Gasteiger partial charge in [-0.2, -0.15) is 4.98 Å². The number of aromatic nitrogens is 2. The van der Waals surface area contributed by atoms with Gasteiger partial charge in [-0.15, -0.1) is 0 Å². The minimum Gasteiger partial charge on any atom is -0.435 e. The Morgan fingerprint density at radius 1 is 0.966 bits per heavy atom. The molecule has 0 atom stereocenters. The Balaban J connectivity index is 1.56. The van der Waals surface area contributed by atoms with E-state index >= 15 is 0 Å². The first-order valence-corrected chi connectivity index (χ1v) is 8.76. The van der Waals surface area contributed by atoms with Gasteiger partial charge >= 0.3 is 0 Å². The first kappa shape index (κ1) is 17.2. The molecule has 2 aromatic carbocycles. The molecule has 0 fully saturated rings. The lowest BCUT2D eigenvalue weighted by Gasteiger charge is -2.02. The van der Waals surface area contributed by atoms with Crippen LogP contribution in [0.25, 0.3) is 28.6 Å². The summed E-state index contributed by atoms with van der Waals surface area (Å²) in [6.45, 7) is 0. The van der Waals surface area contributed by atoms with Gasteiger partial charge in [0.1, 0.15) is 0 Å². The van der Waals surface area contributed by atoms with Crippen LogP contribution in [0.1, 0.15) is 26.6 Å². The summed E-state index contributed by atoms with van der Waals surface area (Å²) in [7, 11) is 1.83. The number of nitrogens with zero attached hydrogens (tertiary/aromatic N) is 2. The second kappa shape index (κ2) is 6.07. The van der Waals surface area contributed by atoms with E-state index < -0.39 is 23.2 Å². The fourth-order valence-corrected chi connectivity index (χ4v) is 3.53. The maximum absolute atomic E-state index is 13.5. The van der Waals surface area contributed by atoms with Crippen molar-refractivity contribution in [3.63, 3.8) is 0 Å². The number of aryl methyl sites for hydroxylation is 1. The van der Waals surface area contributed by atoms with Gasteiger partial charge in [0.25, 0.3) is 0 Å². The van der Waals surface area contributed by atoms with Crippen LogP contribution in [0.4, 0.5) is 8.78 Å². The highest BCUT2D eigenvalue weighted by atomic mass is 19.2. The van der Waals surface area contributed by atoms with Crippen LogP contribution in [-0.2, 0) is 7.05 Å². The van der Waals surface area contributed by atoms with E-state index in [1.807, 2.05) is 48.0 Å². The van der Waals surface area contributed by atoms with Gasteiger partial charge in [-0.25, -0.2) is 8.78 Å². The number of allylic oxidation sites excluding steroid dienone is 1. The second-order valence-corrected chi connectivity index (χ2v) is 6.72. The van der Waals surface area contributed by atoms with Gasteiger partial charge in [-0.3, -0.25) is 9.59 Å². The number of Topliss-reactive ketones (excluding diaryl/α,β-unsaturated/α-hetero) is 2. The summed E-state index contributed by atoms with van der Waals surface area (Å²) < 4.78 is 34.5. The summed E-state index contributed by atoms with van der Waals surface area (Å²) in [5.74, 6) is -3.66. The Labute approximate surface area is 162 Å². The van der Waals surface area contributed by atoms with E-state index in [2.05, 4.69) is 4.98 Å². The highest BCUT2D eigenvalue weighted by Crippen LogP contribution is 2.31. The molecule has 0 amide bonds. The molecule has 0 saturated carbocycles. The van der Waals surface area contributed by atoms with Crippen molar-refractivity contribution in [2.24, 2.45) is 7.05 Å². The average Bonchev–Trinajstić information content (AvgIpc) is 3.32. The van der Waals surface area contributed by atoms with E-state index in [-0.39, 0.29) is 22.6 Å². The molecule has 2 heterocycles. The molecule has 7 heteroatoms.